The molecule has 0 aromatic carbocycles. The van der Waals surface area contributed by atoms with Crippen molar-refractivity contribution in [1.82, 2.24) is 0 Å². The van der Waals surface area contributed by atoms with E-state index in [9.17, 15) is 0 Å². The van der Waals surface area contributed by atoms with Crippen molar-refractivity contribution in [2.75, 3.05) is 0 Å². The van der Waals surface area contributed by atoms with Gasteiger partial charge in [0.15, 0.2) is 5.79 Å². The highest BCUT2D eigenvalue weighted by molar-refractivity contribution is 8.01. The maximum absolute atomic E-state index is 6.49. The summed E-state index contributed by atoms with van der Waals surface area (Å²) in [5.41, 5.74) is -0.349. The van der Waals surface area contributed by atoms with Gasteiger partial charge in [-0.3, -0.25) is 0 Å². The molecule has 0 radical (unpaired) electrons. The smallest absolute Gasteiger partial charge is 0.186 e. The van der Waals surface area contributed by atoms with Crippen LogP contribution in [-0.4, -0.2) is 34.3 Å². The zero-order valence-electron chi connectivity index (χ0n) is 13.9. The van der Waals surface area contributed by atoms with E-state index in [0.29, 0.717) is 5.25 Å². The van der Waals surface area contributed by atoms with E-state index in [1.54, 1.807) is 0 Å². The minimum Gasteiger partial charge on any atom is -0.359 e. The lowest BCUT2D eigenvalue weighted by Crippen LogP contribution is -2.83. The highest BCUT2D eigenvalue weighted by atomic mass is 32.2. The van der Waals surface area contributed by atoms with Crippen molar-refractivity contribution in [2.24, 2.45) is 10.8 Å². The number of hydrogen-bond donors (Lipinski definition) is 0. The maximum atomic E-state index is 6.49. The topological polar surface area (TPSA) is 27.7 Å². The van der Waals surface area contributed by atoms with Crippen molar-refractivity contribution >= 4 is 11.8 Å². The summed E-state index contributed by atoms with van der Waals surface area (Å²) in [5, 5.41) is 0.502. The molecule has 3 aliphatic rings. The van der Waals surface area contributed by atoms with Gasteiger partial charge in [-0.2, -0.15) is 0 Å². The SMILES string of the molecule is C[C@@H]1OC2(O[C@@H]1C)C(C)(C)C1(O[C@H](C)[C@H](C)S1)C2(C)C. The van der Waals surface area contributed by atoms with Crippen LogP contribution in [0.2, 0.25) is 0 Å². The Kier molecular flexibility index (Phi) is 2.99. The fourth-order valence-corrected chi connectivity index (χ4v) is 6.43. The third kappa shape index (κ3) is 1.31. The summed E-state index contributed by atoms with van der Waals surface area (Å²) < 4.78 is 19.2. The van der Waals surface area contributed by atoms with Gasteiger partial charge in [0, 0.05) is 5.25 Å². The van der Waals surface area contributed by atoms with Gasteiger partial charge in [-0.05, 0) is 20.8 Å². The van der Waals surface area contributed by atoms with E-state index < -0.39 is 5.79 Å². The summed E-state index contributed by atoms with van der Waals surface area (Å²) in [7, 11) is 0. The van der Waals surface area contributed by atoms with Crippen LogP contribution in [0, 0.1) is 10.8 Å². The van der Waals surface area contributed by atoms with E-state index in [-0.39, 0.29) is 34.1 Å². The minimum atomic E-state index is -0.546. The summed E-state index contributed by atoms with van der Waals surface area (Å²) in [6, 6.07) is 0. The second kappa shape index (κ2) is 3.95. The van der Waals surface area contributed by atoms with Crippen LogP contribution >= 0.6 is 11.8 Å². The molecule has 0 aromatic heterocycles. The third-order valence-corrected chi connectivity index (χ3v) is 8.22. The summed E-state index contributed by atoms with van der Waals surface area (Å²) in [6.45, 7) is 17.6. The Morgan fingerprint density at radius 2 is 1.15 bits per heavy atom. The lowest BCUT2D eigenvalue weighted by atomic mass is 9.47. The fourth-order valence-electron chi connectivity index (χ4n) is 4.60. The molecule has 116 valence electrons. The molecule has 3 nitrogen and oxygen atoms in total. The van der Waals surface area contributed by atoms with E-state index >= 15 is 0 Å². The zero-order chi connectivity index (χ0) is 15.1. The minimum absolute atomic E-state index is 0.132. The van der Waals surface area contributed by atoms with Crippen LogP contribution in [0.5, 0.6) is 0 Å². The number of rotatable bonds is 0. The van der Waals surface area contributed by atoms with Gasteiger partial charge >= 0.3 is 0 Å². The average molecular weight is 300 g/mol. The van der Waals surface area contributed by atoms with E-state index in [1.165, 1.54) is 0 Å². The average Bonchev–Trinajstić information content (AvgIpc) is 2.81. The van der Waals surface area contributed by atoms with E-state index in [1.807, 2.05) is 11.8 Å². The lowest BCUT2D eigenvalue weighted by Gasteiger charge is -2.73. The van der Waals surface area contributed by atoms with Crippen LogP contribution in [0.15, 0.2) is 0 Å². The molecule has 4 atom stereocenters. The highest BCUT2D eigenvalue weighted by Crippen LogP contribution is 2.79. The molecule has 1 aliphatic carbocycles. The van der Waals surface area contributed by atoms with Crippen molar-refractivity contribution < 1.29 is 14.2 Å². The van der Waals surface area contributed by atoms with Crippen LogP contribution in [0.4, 0.5) is 0 Å². The number of ether oxygens (including phenoxy) is 3. The molecule has 2 heterocycles. The Hall–Kier alpha value is 0.230. The van der Waals surface area contributed by atoms with Crippen LogP contribution in [0.3, 0.4) is 0 Å². The zero-order valence-corrected chi connectivity index (χ0v) is 14.8. The Bertz CT molecular complexity index is 355. The van der Waals surface area contributed by atoms with Gasteiger partial charge in [0.05, 0.1) is 29.1 Å². The molecule has 3 fully saturated rings. The standard InChI is InChI=1S/C16H28O3S/c1-9-10(2)18-15(17-9)13(5,6)16(14(15,7)8)19-11(3)12(4)20-16/h9-12H,1-8H3/t9-,10+,11-,12+,15?,16?/m1/s1. The Balaban J connectivity index is 2.03. The number of hydrogen-bond acceptors (Lipinski definition) is 4. The predicted octanol–water partition coefficient (Wildman–Crippen LogP) is 3.81. The molecule has 2 saturated heterocycles. The molecule has 2 aliphatic heterocycles. The van der Waals surface area contributed by atoms with Crippen molar-refractivity contribution in [2.45, 2.75) is 89.7 Å². The third-order valence-electron chi connectivity index (χ3n) is 6.02. The molecule has 3 rings (SSSR count). The first-order valence-electron chi connectivity index (χ1n) is 7.74. The molecule has 20 heavy (non-hydrogen) atoms. The Labute approximate surface area is 127 Å². The second-order valence-electron chi connectivity index (χ2n) is 7.78. The lowest BCUT2D eigenvalue weighted by molar-refractivity contribution is -0.434. The predicted molar refractivity (Wildman–Crippen MR) is 81.7 cm³/mol. The molecule has 2 spiro atoms. The first-order valence-corrected chi connectivity index (χ1v) is 8.62. The maximum Gasteiger partial charge on any atom is 0.186 e. The van der Waals surface area contributed by atoms with Crippen molar-refractivity contribution in [1.29, 1.82) is 0 Å². The molecule has 0 bridgehead atoms. The van der Waals surface area contributed by atoms with Gasteiger partial charge in [-0.25, -0.2) is 0 Å². The van der Waals surface area contributed by atoms with Crippen LogP contribution in [-0.2, 0) is 14.2 Å². The van der Waals surface area contributed by atoms with Gasteiger partial charge in [0.1, 0.15) is 4.93 Å². The quantitative estimate of drug-likeness (QED) is 0.680. The molecule has 0 amide bonds. The van der Waals surface area contributed by atoms with Gasteiger partial charge in [0.25, 0.3) is 0 Å². The van der Waals surface area contributed by atoms with Gasteiger partial charge in [0.2, 0.25) is 0 Å². The van der Waals surface area contributed by atoms with E-state index in [2.05, 4.69) is 55.4 Å². The second-order valence-corrected chi connectivity index (χ2v) is 9.33. The van der Waals surface area contributed by atoms with Crippen molar-refractivity contribution in [3.05, 3.63) is 0 Å². The van der Waals surface area contributed by atoms with Gasteiger partial charge < -0.3 is 14.2 Å². The first-order chi connectivity index (χ1) is 9.02. The van der Waals surface area contributed by atoms with Crippen LogP contribution < -0.4 is 0 Å². The monoisotopic (exact) mass is 300 g/mol. The number of thioether (sulfide) groups is 1. The van der Waals surface area contributed by atoms with Crippen molar-refractivity contribution in [3.63, 3.8) is 0 Å². The fraction of sp³-hybridized carbons (Fsp3) is 1.00. The first kappa shape index (κ1) is 15.1. The van der Waals surface area contributed by atoms with Crippen LogP contribution in [0.25, 0.3) is 0 Å². The summed E-state index contributed by atoms with van der Waals surface area (Å²) in [6.07, 6.45) is 0.534. The van der Waals surface area contributed by atoms with Crippen LogP contribution in [0.1, 0.15) is 55.4 Å². The van der Waals surface area contributed by atoms with Crippen molar-refractivity contribution in [3.8, 4) is 0 Å². The normalized spacial score (nSPS) is 46.8. The molecule has 0 aromatic rings. The van der Waals surface area contributed by atoms with E-state index in [4.69, 9.17) is 14.2 Å². The summed E-state index contributed by atoms with van der Waals surface area (Å²) in [4.78, 5) is -0.234. The Morgan fingerprint density at radius 1 is 0.700 bits per heavy atom. The molecular formula is C16H28O3S. The summed E-state index contributed by atoms with van der Waals surface area (Å²) >= 11 is 1.96. The molecule has 4 heteroatoms. The largest absolute Gasteiger partial charge is 0.359 e. The molecule has 1 saturated carbocycles. The molecule has 0 unspecified atom stereocenters. The van der Waals surface area contributed by atoms with Gasteiger partial charge in [-0.1, -0.05) is 34.6 Å². The molecule has 0 N–H and O–H groups in total. The molecular weight excluding hydrogens is 272 g/mol. The Morgan fingerprint density at radius 3 is 1.50 bits per heavy atom. The van der Waals surface area contributed by atoms with E-state index in [0.717, 1.165) is 0 Å². The van der Waals surface area contributed by atoms with Gasteiger partial charge in [-0.15, -0.1) is 11.8 Å². The summed E-state index contributed by atoms with van der Waals surface area (Å²) in [5.74, 6) is -0.546. The highest BCUT2D eigenvalue weighted by Gasteiger charge is 2.87.